The Hall–Kier alpha value is -1.00. The zero-order valence-corrected chi connectivity index (χ0v) is 11.6. The molecule has 1 fully saturated rings. The molecular weight excluding hydrogens is 226 g/mol. The van der Waals surface area contributed by atoms with Crippen molar-refractivity contribution in [2.24, 2.45) is 0 Å². The molecule has 1 aliphatic heterocycles. The fraction of sp³-hybridized carbons (Fsp3) is 0.714. The molecule has 0 amide bonds. The van der Waals surface area contributed by atoms with E-state index in [1.165, 1.54) is 5.69 Å². The van der Waals surface area contributed by atoms with Crippen molar-refractivity contribution in [2.45, 2.75) is 52.1 Å². The number of hydrogen-bond donors (Lipinski definition) is 1. The second-order valence-corrected chi connectivity index (χ2v) is 5.27. The zero-order chi connectivity index (χ0) is 13.0. The van der Waals surface area contributed by atoms with Crippen LogP contribution in [0.1, 0.15) is 49.8 Å². The molecule has 1 N–H and O–H groups in total. The first-order valence-electron chi connectivity index (χ1n) is 6.80. The number of hydrogen-bond acceptors (Lipinski definition) is 4. The summed E-state index contributed by atoms with van der Waals surface area (Å²) in [5.74, 6) is 1.45. The van der Waals surface area contributed by atoms with Gasteiger partial charge in [0, 0.05) is 36.6 Å². The molecule has 18 heavy (non-hydrogen) atoms. The Morgan fingerprint density at radius 1 is 1.33 bits per heavy atom. The summed E-state index contributed by atoms with van der Waals surface area (Å²) < 4.78 is 5.40. The summed E-state index contributed by atoms with van der Waals surface area (Å²) in [6.45, 7) is 8.77. The fourth-order valence-electron chi connectivity index (χ4n) is 2.23. The van der Waals surface area contributed by atoms with Gasteiger partial charge >= 0.3 is 0 Å². The predicted molar refractivity (Wildman–Crippen MR) is 71.5 cm³/mol. The van der Waals surface area contributed by atoms with Crippen LogP contribution in [0.5, 0.6) is 0 Å². The largest absolute Gasteiger partial charge is 0.381 e. The topological polar surface area (TPSA) is 47.0 Å². The van der Waals surface area contributed by atoms with Crippen LogP contribution >= 0.6 is 0 Å². The van der Waals surface area contributed by atoms with Gasteiger partial charge in [-0.2, -0.15) is 0 Å². The Bertz CT molecular complexity index is 387. The highest BCUT2D eigenvalue weighted by Gasteiger charge is 2.18. The van der Waals surface area contributed by atoms with Crippen LogP contribution in [0, 0.1) is 6.92 Å². The molecular formula is C14H23N3O. The van der Waals surface area contributed by atoms with Crippen molar-refractivity contribution in [1.82, 2.24) is 15.3 Å². The summed E-state index contributed by atoms with van der Waals surface area (Å²) in [7, 11) is 0. The number of aromatic nitrogens is 2. The Balaban J connectivity index is 2.09. The minimum atomic E-state index is 0.459. The number of ether oxygens (including phenoxy) is 1. The molecule has 1 saturated heterocycles. The second-order valence-electron chi connectivity index (χ2n) is 5.27. The van der Waals surface area contributed by atoms with E-state index < -0.39 is 0 Å². The smallest absolute Gasteiger partial charge is 0.142 e. The van der Waals surface area contributed by atoms with Crippen molar-refractivity contribution < 1.29 is 4.74 Å². The highest BCUT2D eigenvalue weighted by molar-refractivity contribution is 5.15. The van der Waals surface area contributed by atoms with Crippen molar-refractivity contribution in [1.29, 1.82) is 0 Å². The van der Waals surface area contributed by atoms with Crippen molar-refractivity contribution in [3.8, 4) is 0 Å². The molecule has 0 atom stereocenters. The SMILES string of the molecule is Cc1cc(C2CCOCC2)nc(CNC(C)C)n1. The molecule has 0 aromatic carbocycles. The van der Waals surface area contributed by atoms with E-state index in [0.29, 0.717) is 12.0 Å². The molecule has 0 aliphatic carbocycles. The van der Waals surface area contributed by atoms with Crippen LogP contribution in [0.2, 0.25) is 0 Å². The standard InChI is InChI=1S/C14H23N3O/c1-10(2)15-9-14-16-11(3)8-13(17-14)12-4-6-18-7-5-12/h8,10,12,15H,4-7,9H2,1-3H3. The van der Waals surface area contributed by atoms with E-state index in [0.717, 1.165) is 44.1 Å². The maximum absolute atomic E-state index is 5.40. The van der Waals surface area contributed by atoms with Crippen LogP contribution in [-0.4, -0.2) is 29.2 Å². The molecule has 1 aliphatic rings. The van der Waals surface area contributed by atoms with Gasteiger partial charge in [0.15, 0.2) is 0 Å². The van der Waals surface area contributed by atoms with Crippen molar-refractivity contribution in [3.63, 3.8) is 0 Å². The summed E-state index contributed by atoms with van der Waals surface area (Å²) in [5.41, 5.74) is 2.25. The summed E-state index contributed by atoms with van der Waals surface area (Å²) in [5, 5.41) is 3.37. The van der Waals surface area contributed by atoms with Gasteiger partial charge in [-0.05, 0) is 25.8 Å². The van der Waals surface area contributed by atoms with Gasteiger partial charge in [-0.1, -0.05) is 13.8 Å². The number of nitrogens with zero attached hydrogens (tertiary/aromatic N) is 2. The van der Waals surface area contributed by atoms with Crippen LogP contribution < -0.4 is 5.32 Å². The lowest BCUT2D eigenvalue weighted by Gasteiger charge is -2.22. The molecule has 4 heteroatoms. The van der Waals surface area contributed by atoms with Gasteiger partial charge < -0.3 is 10.1 Å². The van der Waals surface area contributed by atoms with Crippen LogP contribution in [0.15, 0.2) is 6.07 Å². The van der Waals surface area contributed by atoms with Crippen molar-refractivity contribution in [3.05, 3.63) is 23.3 Å². The summed E-state index contributed by atoms with van der Waals surface area (Å²) in [6, 6.07) is 2.58. The zero-order valence-electron chi connectivity index (χ0n) is 11.6. The first kappa shape index (κ1) is 13.4. The van der Waals surface area contributed by atoms with Crippen LogP contribution in [0.3, 0.4) is 0 Å². The Kier molecular flexibility index (Phi) is 4.66. The molecule has 0 bridgehead atoms. The maximum Gasteiger partial charge on any atom is 0.142 e. The molecule has 0 unspecified atom stereocenters. The molecule has 0 radical (unpaired) electrons. The average molecular weight is 249 g/mol. The minimum Gasteiger partial charge on any atom is -0.381 e. The summed E-state index contributed by atoms with van der Waals surface area (Å²) >= 11 is 0. The van der Waals surface area contributed by atoms with E-state index >= 15 is 0 Å². The molecule has 0 saturated carbocycles. The Labute approximate surface area is 109 Å². The van der Waals surface area contributed by atoms with E-state index in [2.05, 4.69) is 30.2 Å². The Morgan fingerprint density at radius 3 is 2.72 bits per heavy atom. The van der Waals surface area contributed by atoms with Gasteiger partial charge in [0.2, 0.25) is 0 Å². The third kappa shape index (κ3) is 3.75. The molecule has 1 aromatic rings. The monoisotopic (exact) mass is 249 g/mol. The molecule has 100 valence electrons. The first-order chi connectivity index (χ1) is 8.65. The second kappa shape index (κ2) is 6.25. The number of aryl methyl sites for hydroxylation is 1. The molecule has 4 nitrogen and oxygen atoms in total. The molecule has 0 spiro atoms. The lowest BCUT2D eigenvalue weighted by atomic mass is 9.96. The fourth-order valence-corrected chi connectivity index (χ4v) is 2.23. The maximum atomic E-state index is 5.40. The first-order valence-corrected chi connectivity index (χ1v) is 6.80. The van der Waals surface area contributed by atoms with E-state index in [1.807, 2.05) is 6.92 Å². The van der Waals surface area contributed by atoms with Crippen molar-refractivity contribution in [2.75, 3.05) is 13.2 Å². The van der Waals surface area contributed by atoms with Gasteiger partial charge in [0.05, 0.1) is 6.54 Å². The molecule has 1 aromatic heterocycles. The van der Waals surface area contributed by atoms with E-state index in [-0.39, 0.29) is 0 Å². The van der Waals surface area contributed by atoms with E-state index in [1.54, 1.807) is 0 Å². The Morgan fingerprint density at radius 2 is 2.06 bits per heavy atom. The predicted octanol–water partition coefficient (Wildman–Crippen LogP) is 2.18. The minimum absolute atomic E-state index is 0.459. The van der Waals surface area contributed by atoms with Crippen LogP contribution in [-0.2, 0) is 11.3 Å². The lowest BCUT2D eigenvalue weighted by molar-refractivity contribution is 0.0844. The quantitative estimate of drug-likeness (QED) is 0.888. The third-order valence-corrected chi connectivity index (χ3v) is 3.23. The van der Waals surface area contributed by atoms with Gasteiger partial charge in [0.25, 0.3) is 0 Å². The van der Waals surface area contributed by atoms with Crippen LogP contribution in [0.4, 0.5) is 0 Å². The summed E-state index contributed by atoms with van der Waals surface area (Å²) in [6.07, 6.45) is 2.15. The van der Waals surface area contributed by atoms with Gasteiger partial charge in [-0.15, -0.1) is 0 Å². The summed E-state index contributed by atoms with van der Waals surface area (Å²) in [4.78, 5) is 9.20. The van der Waals surface area contributed by atoms with Gasteiger partial charge in [-0.3, -0.25) is 0 Å². The van der Waals surface area contributed by atoms with E-state index in [4.69, 9.17) is 9.72 Å². The van der Waals surface area contributed by atoms with Gasteiger partial charge in [-0.25, -0.2) is 9.97 Å². The number of nitrogens with one attached hydrogen (secondary N) is 1. The normalized spacial score (nSPS) is 17.3. The third-order valence-electron chi connectivity index (χ3n) is 3.23. The average Bonchev–Trinajstić information content (AvgIpc) is 2.37. The highest BCUT2D eigenvalue weighted by atomic mass is 16.5. The van der Waals surface area contributed by atoms with Crippen LogP contribution in [0.25, 0.3) is 0 Å². The van der Waals surface area contributed by atoms with Crippen molar-refractivity contribution >= 4 is 0 Å². The number of rotatable bonds is 4. The highest BCUT2D eigenvalue weighted by Crippen LogP contribution is 2.25. The molecule has 2 heterocycles. The van der Waals surface area contributed by atoms with E-state index in [9.17, 15) is 0 Å². The molecule has 2 rings (SSSR count). The van der Waals surface area contributed by atoms with Gasteiger partial charge in [0.1, 0.15) is 5.82 Å². The lowest BCUT2D eigenvalue weighted by Crippen LogP contribution is -2.24.